The fraction of sp³-hybridized carbons (Fsp3) is 0.167. The number of nitrogens with zero attached hydrogens (tertiary/aromatic N) is 1. The maximum Gasteiger partial charge on any atom is 0.255 e. The summed E-state index contributed by atoms with van der Waals surface area (Å²) in [6.45, 7) is 0.443. The summed E-state index contributed by atoms with van der Waals surface area (Å²) in [7, 11) is 3.46. The van der Waals surface area contributed by atoms with Crippen molar-refractivity contribution in [3.63, 3.8) is 0 Å². The first kappa shape index (κ1) is 20.1. The number of anilines is 1. The molecule has 0 radical (unpaired) electrons. The number of nitrogens with one attached hydrogen (secondary N) is 1. The van der Waals surface area contributed by atoms with Crippen LogP contribution in [0.15, 0.2) is 78.9 Å². The van der Waals surface area contributed by atoms with Gasteiger partial charge in [-0.3, -0.25) is 9.59 Å². The number of rotatable bonds is 7. The van der Waals surface area contributed by atoms with E-state index in [1.807, 2.05) is 48.5 Å². The maximum atomic E-state index is 12.6. The van der Waals surface area contributed by atoms with Crippen molar-refractivity contribution in [1.82, 2.24) is 4.90 Å². The molecule has 0 aliphatic heterocycles. The van der Waals surface area contributed by atoms with Crippen molar-refractivity contribution >= 4 is 17.5 Å². The van der Waals surface area contributed by atoms with Gasteiger partial charge >= 0.3 is 0 Å². The molecule has 0 atom stereocenters. The zero-order valence-electron chi connectivity index (χ0n) is 16.6. The normalized spacial score (nSPS) is 10.3. The quantitative estimate of drug-likeness (QED) is 0.662. The summed E-state index contributed by atoms with van der Waals surface area (Å²) in [5.74, 6) is 0.459. The smallest absolute Gasteiger partial charge is 0.255 e. The van der Waals surface area contributed by atoms with Gasteiger partial charge in [0.15, 0.2) is 0 Å². The minimum absolute atomic E-state index is 0.0362. The molecule has 0 bridgehead atoms. The Labute approximate surface area is 170 Å². The molecule has 3 aromatic rings. The maximum absolute atomic E-state index is 12.6. The molecule has 0 saturated heterocycles. The van der Waals surface area contributed by atoms with Crippen LogP contribution in [0.3, 0.4) is 0 Å². The molecule has 5 heteroatoms. The third-order valence-electron chi connectivity index (χ3n) is 4.41. The summed E-state index contributed by atoms with van der Waals surface area (Å²) in [4.78, 5) is 25.9. The molecule has 3 rings (SSSR count). The number of carbonyl (C=O) groups is 2. The molecule has 2 amide bonds. The average molecular weight is 388 g/mol. The lowest BCUT2D eigenvalue weighted by atomic mass is 10.1. The summed E-state index contributed by atoms with van der Waals surface area (Å²) >= 11 is 0. The highest BCUT2D eigenvalue weighted by Gasteiger charge is 2.09. The van der Waals surface area contributed by atoms with E-state index >= 15 is 0 Å². The van der Waals surface area contributed by atoms with Gasteiger partial charge in [0.2, 0.25) is 5.91 Å². The highest BCUT2D eigenvalue weighted by atomic mass is 16.5. The molecule has 3 aromatic carbocycles. The van der Waals surface area contributed by atoms with E-state index in [0.717, 1.165) is 11.1 Å². The van der Waals surface area contributed by atoms with Gasteiger partial charge < -0.3 is 15.0 Å². The topological polar surface area (TPSA) is 58.6 Å². The van der Waals surface area contributed by atoms with Crippen molar-refractivity contribution in [2.24, 2.45) is 0 Å². The molecule has 0 heterocycles. The van der Waals surface area contributed by atoms with Crippen LogP contribution >= 0.6 is 0 Å². The minimum atomic E-state index is -0.215. The van der Waals surface area contributed by atoms with E-state index in [9.17, 15) is 9.59 Å². The zero-order chi connectivity index (χ0) is 20.6. The molecule has 148 valence electrons. The van der Waals surface area contributed by atoms with Crippen molar-refractivity contribution in [3.8, 4) is 5.75 Å². The third-order valence-corrected chi connectivity index (χ3v) is 4.41. The van der Waals surface area contributed by atoms with Crippen molar-refractivity contribution in [2.45, 2.75) is 13.0 Å². The molecule has 1 N–H and O–H groups in total. The van der Waals surface area contributed by atoms with Crippen LogP contribution in [0.1, 0.15) is 21.5 Å². The highest BCUT2D eigenvalue weighted by molar-refractivity contribution is 6.04. The van der Waals surface area contributed by atoms with Gasteiger partial charge in [-0.15, -0.1) is 0 Å². The van der Waals surface area contributed by atoms with Gasteiger partial charge in [0, 0.05) is 25.3 Å². The second-order valence-electron chi connectivity index (χ2n) is 6.92. The Hall–Kier alpha value is -3.60. The monoisotopic (exact) mass is 388 g/mol. The van der Waals surface area contributed by atoms with E-state index in [1.165, 1.54) is 0 Å². The number of carbonyl (C=O) groups excluding carboxylic acids is 2. The molecule has 0 unspecified atom stereocenters. The van der Waals surface area contributed by atoms with Crippen LogP contribution in [-0.2, 0) is 17.8 Å². The van der Waals surface area contributed by atoms with E-state index in [4.69, 9.17) is 4.74 Å². The summed E-state index contributed by atoms with van der Waals surface area (Å²) in [5, 5.41) is 2.87. The number of amides is 2. The van der Waals surface area contributed by atoms with Crippen LogP contribution in [0.4, 0.5) is 5.69 Å². The molecular formula is C24H24N2O3. The SMILES string of the molecule is CN(C)C(=O)Cc1ccc(NC(=O)c2cccc(OCc3ccccc3)c2)cc1. The lowest BCUT2D eigenvalue weighted by Gasteiger charge is -2.11. The fourth-order valence-electron chi connectivity index (χ4n) is 2.71. The molecule has 5 nitrogen and oxygen atoms in total. The van der Waals surface area contributed by atoms with Crippen LogP contribution in [0, 0.1) is 0 Å². The lowest BCUT2D eigenvalue weighted by molar-refractivity contribution is -0.127. The van der Waals surface area contributed by atoms with E-state index in [2.05, 4.69) is 5.32 Å². The predicted molar refractivity (Wildman–Crippen MR) is 114 cm³/mol. The van der Waals surface area contributed by atoms with E-state index < -0.39 is 0 Å². The third kappa shape index (κ3) is 5.94. The first-order valence-electron chi connectivity index (χ1n) is 9.38. The van der Waals surface area contributed by atoms with E-state index in [1.54, 1.807) is 49.3 Å². The van der Waals surface area contributed by atoms with Gasteiger partial charge in [-0.2, -0.15) is 0 Å². The lowest BCUT2D eigenvalue weighted by Crippen LogP contribution is -2.23. The molecule has 0 spiro atoms. The van der Waals surface area contributed by atoms with Gasteiger partial charge in [-0.25, -0.2) is 0 Å². The molecular weight excluding hydrogens is 364 g/mol. The summed E-state index contributed by atoms with van der Waals surface area (Å²) < 4.78 is 5.79. The van der Waals surface area contributed by atoms with Crippen LogP contribution < -0.4 is 10.1 Å². The van der Waals surface area contributed by atoms with Gasteiger partial charge in [-0.05, 0) is 41.5 Å². The highest BCUT2D eigenvalue weighted by Crippen LogP contribution is 2.17. The second-order valence-corrected chi connectivity index (χ2v) is 6.92. The Balaban J connectivity index is 1.59. The summed E-state index contributed by atoms with van der Waals surface area (Å²) in [5.41, 5.74) is 3.15. The molecule has 0 aromatic heterocycles. The Morgan fingerprint density at radius 3 is 2.28 bits per heavy atom. The van der Waals surface area contributed by atoms with Crippen LogP contribution in [-0.4, -0.2) is 30.8 Å². The number of likely N-dealkylation sites (N-methyl/N-ethyl adjacent to an activating group) is 1. The molecule has 0 aliphatic rings. The fourth-order valence-corrected chi connectivity index (χ4v) is 2.71. The Bertz CT molecular complexity index is 967. The molecule has 0 saturated carbocycles. The second kappa shape index (κ2) is 9.55. The van der Waals surface area contributed by atoms with Crippen molar-refractivity contribution < 1.29 is 14.3 Å². The van der Waals surface area contributed by atoms with Crippen LogP contribution in [0.2, 0.25) is 0 Å². The number of benzene rings is 3. The largest absolute Gasteiger partial charge is 0.489 e. The summed E-state index contributed by atoms with van der Waals surface area (Å²) in [6, 6.07) is 24.2. The standard InChI is InChI=1S/C24H24N2O3/c1-26(2)23(27)15-18-11-13-21(14-12-18)25-24(28)20-9-6-10-22(16-20)29-17-19-7-4-3-5-8-19/h3-14,16H,15,17H2,1-2H3,(H,25,28). The molecule has 29 heavy (non-hydrogen) atoms. The molecule has 0 aliphatic carbocycles. The number of ether oxygens (including phenoxy) is 1. The summed E-state index contributed by atoms with van der Waals surface area (Å²) in [6.07, 6.45) is 0.335. The van der Waals surface area contributed by atoms with Gasteiger partial charge in [0.1, 0.15) is 12.4 Å². The first-order valence-corrected chi connectivity index (χ1v) is 9.38. The predicted octanol–water partition coefficient (Wildman–Crippen LogP) is 4.15. The van der Waals surface area contributed by atoms with Crippen LogP contribution in [0.5, 0.6) is 5.75 Å². The van der Waals surface area contributed by atoms with Crippen molar-refractivity contribution in [1.29, 1.82) is 0 Å². The molecule has 0 fully saturated rings. The average Bonchev–Trinajstić information content (AvgIpc) is 2.74. The van der Waals surface area contributed by atoms with Crippen LogP contribution in [0.25, 0.3) is 0 Å². The first-order chi connectivity index (χ1) is 14.0. The van der Waals surface area contributed by atoms with Crippen molar-refractivity contribution in [3.05, 3.63) is 95.6 Å². The van der Waals surface area contributed by atoms with E-state index in [0.29, 0.717) is 30.0 Å². The number of hydrogen-bond acceptors (Lipinski definition) is 3. The Morgan fingerprint density at radius 1 is 0.862 bits per heavy atom. The number of hydrogen-bond donors (Lipinski definition) is 1. The zero-order valence-corrected chi connectivity index (χ0v) is 16.6. The Morgan fingerprint density at radius 2 is 1.59 bits per heavy atom. The Kier molecular flexibility index (Phi) is 6.63. The minimum Gasteiger partial charge on any atom is -0.489 e. The van der Waals surface area contributed by atoms with Gasteiger partial charge in [0.25, 0.3) is 5.91 Å². The van der Waals surface area contributed by atoms with E-state index in [-0.39, 0.29) is 11.8 Å². The van der Waals surface area contributed by atoms with Crippen molar-refractivity contribution in [2.75, 3.05) is 19.4 Å². The van der Waals surface area contributed by atoms with Gasteiger partial charge in [-0.1, -0.05) is 48.5 Å². The van der Waals surface area contributed by atoms with Gasteiger partial charge in [0.05, 0.1) is 6.42 Å².